The lowest BCUT2D eigenvalue weighted by Crippen LogP contribution is -2.24. The molecule has 0 radical (unpaired) electrons. The summed E-state index contributed by atoms with van der Waals surface area (Å²) in [6, 6.07) is 12.5. The average Bonchev–Trinajstić information content (AvgIpc) is 3.69. The molecule has 234 valence electrons. The van der Waals surface area contributed by atoms with E-state index in [1.54, 1.807) is 24.8 Å². The molecule has 0 atom stereocenters. The number of carbonyl (C=O) groups excluding carboxylic acids is 1. The normalized spacial score (nSPS) is 13.9. The van der Waals surface area contributed by atoms with Crippen molar-refractivity contribution in [2.24, 2.45) is 5.92 Å². The van der Waals surface area contributed by atoms with Crippen LogP contribution in [0, 0.1) is 11.7 Å². The van der Waals surface area contributed by atoms with Gasteiger partial charge in [-0.25, -0.2) is 9.37 Å². The number of anilines is 1. The maximum Gasteiger partial charge on any atom is 0.227 e. The highest BCUT2D eigenvalue weighted by Gasteiger charge is 2.21. The molecule has 11 heteroatoms. The predicted molar refractivity (Wildman–Crippen MR) is 177 cm³/mol. The third-order valence-corrected chi connectivity index (χ3v) is 8.50. The Kier molecular flexibility index (Phi) is 8.15. The number of hydrogen-bond acceptors (Lipinski definition) is 7. The van der Waals surface area contributed by atoms with E-state index in [1.165, 1.54) is 18.6 Å². The van der Waals surface area contributed by atoms with Crippen molar-refractivity contribution in [3.63, 3.8) is 0 Å². The number of amides is 1. The van der Waals surface area contributed by atoms with Gasteiger partial charge in [0.05, 0.1) is 35.0 Å². The summed E-state index contributed by atoms with van der Waals surface area (Å²) in [5.74, 6) is 0.208. The molecule has 5 heterocycles. The van der Waals surface area contributed by atoms with Crippen molar-refractivity contribution in [1.29, 1.82) is 0 Å². The number of nitrogens with zero attached hydrogens (tertiary/aromatic N) is 5. The van der Waals surface area contributed by atoms with E-state index in [2.05, 4.69) is 35.5 Å². The first-order valence-electron chi connectivity index (χ1n) is 15.6. The summed E-state index contributed by atoms with van der Waals surface area (Å²) in [6.07, 6.45) is 12.1. The fourth-order valence-electron chi connectivity index (χ4n) is 6.09. The van der Waals surface area contributed by atoms with Crippen LogP contribution in [0.5, 0.6) is 5.75 Å². The summed E-state index contributed by atoms with van der Waals surface area (Å²) in [6.45, 7) is 1.18. The smallest absolute Gasteiger partial charge is 0.227 e. The SMILES string of the molecule is CN(C)CCOc1cc(F)cc(-c2ccnc3[nH]c(-c4n[nH]c5cnc(-c6cncc(NC(=O)C7CCCCC7)c6)cc45)cc23)c1. The van der Waals surface area contributed by atoms with E-state index in [4.69, 9.17) is 4.74 Å². The highest BCUT2D eigenvalue weighted by molar-refractivity contribution is 6.00. The zero-order valence-electron chi connectivity index (χ0n) is 25.8. The summed E-state index contributed by atoms with van der Waals surface area (Å²) >= 11 is 0. The van der Waals surface area contributed by atoms with Crippen molar-refractivity contribution in [2.75, 3.05) is 32.6 Å². The molecular weight excluding hydrogens is 583 g/mol. The number of fused-ring (bicyclic) bond motifs is 2. The van der Waals surface area contributed by atoms with E-state index >= 15 is 0 Å². The van der Waals surface area contributed by atoms with E-state index in [-0.39, 0.29) is 17.6 Å². The Labute approximate surface area is 265 Å². The number of H-pyrrole nitrogens is 2. The second-order valence-electron chi connectivity index (χ2n) is 12.1. The highest BCUT2D eigenvalue weighted by atomic mass is 19.1. The number of rotatable bonds is 9. The van der Waals surface area contributed by atoms with Gasteiger partial charge in [-0.3, -0.25) is 19.9 Å². The van der Waals surface area contributed by atoms with E-state index in [0.29, 0.717) is 40.6 Å². The Morgan fingerprint density at radius 1 is 1.00 bits per heavy atom. The molecule has 7 rings (SSSR count). The number of nitrogens with one attached hydrogen (secondary N) is 3. The van der Waals surface area contributed by atoms with E-state index < -0.39 is 0 Å². The van der Waals surface area contributed by atoms with E-state index in [9.17, 15) is 9.18 Å². The summed E-state index contributed by atoms with van der Waals surface area (Å²) < 4.78 is 20.5. The molecule has 10 nitrogen and oxygen atoms in total. The first-order chi connectivity index (χ1) is 22.4. The van der Waals surface area contributed by atoms with Crippen LogP contribution in [0.25, 0.3) is 55.7 Å². The second kappa shape index (κ2) is 12.7. The number of likely N-dealkylation sites (N-methyl/N-ethyl adjacent to an activating group) is 1. The van der Waals surface area contributed by atoms with Gasteiger partial charge in [0, 0.05) is 47.3 Å². The average molecular weight is 619 g/mol. The van der Waals surface area contributed by atoms with Gasteiger partial charge in [-0.05, 0) is 74.5 Å². The zero-order chi connectivity index (χ0) is 31.6. The standard InChI is InChI=1S/C35H35FN8O2/c1-44(2)10-11-46-26-14-22(12-24(36)15-26)27-8-9-38-34-28(27)16-31(41-34)33-29-17-30(39-20-32(29)42-43-33)23-13-25(19-37-18-23)40-35(45)21-6-4-3-5-7-21/h8-9,12-21H,3-7,10-11H2,1-2H3,(H,38,41)(H,40,45)(H,42,43). The largest absolute Gasteiger partial charge is 0.492 e. The molecule has 1 aromatic carbocycles. The molecule has 0 spiro atoms. The molecule has 46 heavy (non-hydrogen) atoms. The first-order valence-corrected chi connectivity index (χ1v) is 15.6. The van der Waals surface area contributed by atoms with E-state index in [0.717, 1.165) is 65.3 Å². The topological polar surface area (TPSA) is 125 Å². The Balaban J connectivity index is 1.19. The van der Waals surface area contributed by atoms with Crippen molar-refractivity contribution >= 4 is 33.5 Å². The number of ether oxygens (including phenoxy) is 1. The molecule has 1 fully saturated rings. The van der Waals surface area contributed by atoms with Crippen LogP contribution >= 0.6 is 0 Å². The van der Waals surface area contributed by atoms with Gasteiger partial charge in [0.25, 0.3) is 0 Å². The molecule has 0 saturated heterocycles. The number of pyridine rings is 3. The Morgan fingerprint density at radius 3 is 2.72 bits per heavy atom. The van der Waals surface area contributed by atoms with Crippen LogP contribution in [-0.2, 0) is 4.79 Å². The number of aromatic nitrogens is 6. The summed E-state index contributed by atoms with van der Waals surface area (Å²) in [5.41, 5.74) is 6.53. The second-order valence-corrected chi connectivity index (χ2v) is 12.1. The third kappa shape index (κ3) is 6.18. The lowest BCUT2D eigenvalue weighted by atomic mass is 9.88. The molecule has 6 aromatic rings. The van der Waals surface area contributed by atoms with E-state index in [1.807, 2.05) is 49.3 Å². The van der Waals surface area contributed by atoms with Gasteiger partial charge in [-0.1, -0.05) is 19.3 Å². The van der Waals surface area contributed by atoms with Crippen LogP contribution in [0.3, 0.4) is 0 Å². The lowest BCUT2D eigenvalue weighted by Gasteiger charge is -2.20. The molecule has 0 bridgehead atoms. The quantitative estimate of drug-likeness (QED) is 0.162. The number of halogens is 1. The minimum Gasteiger partial charge on any atom is -0.492 e. The zero-order valence-corrected chi connectivity index (χ0v) is 25.8. The number of carbonyl (C=O) groups is 1. The van der Waals surface area contributed by atoms with Gasteiger partial charge in [-0.15, -0.1) is 0 Å². The molecule has 1 saturated carbocycles. The summed E-state index contributed by atoms with van der Waals surface area (Å²) in [5, 5.41) is 12.4. The van der Waals surface area contributed by atoms with Gasteiger partial charge < -0.3 is 19.9 Å². The molecule has 5 aromatic heterocycles. The van der Waals surface area contributed by atoms with Gasteiger partial charge in [0.15, 0.2) is 0 Å². The van der Waals surface area contributed by atoms with Crippen molar-refractivity contribution in [3.05, 3.63) is 73.1 Å². The monoisotopic (exact) mass is 618 g/mol. The van der Waals surface area contributed by atoms with Crippen LogP contribution in [0.4, 0.5) is 10.1 Å². The summed E-state index contributed by atoms with van der Waals surface area (Å²) in [4.78, 5) is 31.8. The van der Waals surface area contributed by atoms with Crippen LogP contribution in [-0.4, -0.2) is 68.2 Å². The maximum atomic E-state index is 14.7. The predicted octanol–water partition coefficient (Wildman–Crippen LogP) is 6.83. The molecule has 1 aliphatic rings. The van der Waals surface area contributed by atoms with Crippen molar-refractivity contribution in [3.8, 4) is 39.5 Å². The van der Waals surface area contributed by atoms with Crippen molar-refractivity contribution in [1.82, 2.24) is 35.0 Å². The molecule has 3 N–H and O–H groups in total. The van der Waals surface area contributed by atoms with Crippen LogP contribution in [0.2, 0.25) is 0 Å². The Bertz CT molecular complexity index is 2030. The maximum absolute atomic E-state index is 14.7. The molecular formula is C35H35FN8O2. The van der Waals surface area contributed by atoms with Crippen LogP contribution in [0.15, 0.2) is 67.3 Å². The molecule has 1 aliphatic carbocycles. The molecule has 1 amide bonds. The fourth-order valence-corrected chi connectivity index (χ4v) is 6.09. The number of aromatic amines is 2. The number of benzene rings is 1. The van der Waals surface area contributed by atoms with Gasteiger partial charge in [0.2, 0.25) is 5.91 Å². The molecule has 0 unspecified atom stereocenters. The third-order valence-electron chi connectivity index (χ3n) is 8.50. The van der Waals surface area contributed by atoms with Crippen LogP contribution < -0.4 is 10.1 Å². The molecule has 0 aliphatic heterocycles. The van der Waals surface area contributed by atoms with Gasteiger partial charge >= 0.3 is 0 Å². The Hall–Kier alpha value is -5.16. The summed E-state index contributed by atoms with van der Waals surface area (Å²) in [7, 11) is 3.93. The fraction of sp³-hybridized carbons (Fsp3) is 0.286. The number of hydrogen-bond donors (Lipinski definition) is 3. The Morgan fingerprint density at radius 2 is 1.87 bits per heavy atom. The minimum atomic E-state index is -0.372. The van der Waals surface area contributed by atoms with Crippen molar-refractivity contribution < 1.29 is 13.9 Å². The van der Waals surface area contributed by atoms with Crippen molar-refractivity contribution in [2.45, 2.75) is 32.1 Å². The minimum absolute atomic E-state index is 0.0519. The lowest BCUT2D eigenvalue weighted by molar-refractivity contribution is -0.120. The highest BCUT2D eigenvalue weighted by Crippen LogP contribution is 2.36. The van der Waals surface area contributed by atoms with Gasteiger partial charge in [-0.2, -0.15) is 5.10 Å². The van der Waals surface area contributed by atoms with Gasteiger partial charge in [0.1, 0.15) is 29.5 Å². The van der Waals surface area contributed by atoms with Crippen LogP contribution in [0.1, 0.15) is 32.1 Å². The first kappa shape index (κ1) is 29.5.